The first-order valence-electron chi connectivity index (χ1n) is 3.74. The zero-order valence-corrected chi connectivity index (χ0v) is 8.49. The summed E-state index contributed by atoms with van der Waals surface area (Å²) in [6.45, 7) is 1.88. The summed E-state index contributed by atoms with van der Waals surface area (Å²) in [4.78, 5) is 14.8. The van der Waals surface area contributed by atoms with Gasteiger partial charge in [0.25, 0.3) is 5.91 Å². The first kappa shape index (κ1) is 10.3. The van der Waals surface area contributed by atoms with Crippen LogP contribution in [0.1, 0.15) is 13.3 Å². The molecule has 6 heteroatoms. The van der Waals surface area contributed by atoms with Crippen LogP contribution in [-0.4, -0.2) is 17.1 Å². The molecule has 4 nitrogen and oxygen atoms in total. The molecule has 1 aliphatic heterocycles. The maximum atomic E-state index is 10.8. The van der Waals surface area contributed by atoms with Crippen molar-refractivity contribution >= 4 is 34.8 Å². The van der Waals surface area contributed by atoms with Gasteiger partial charge >= 0.3 is 0 Å². The highest BCUT2D eigenvalue weighted by Gasteiger charge is 2.22. The zero-order chi connectivity index (χ0) is 10.0. The second kappa shape index (κ2) is 3.98. The van der Waals surface area contributed by atoms with E-state index >= 15 is 0 Å². The van der Waals surface area contributed by atoms with E-state index < -0.39 is 11.4 Å². The molecule has 0 saturated heterocycles. The number of primary amides is 1. The van der Waals surface area contributed by atoms with Crippen molar-refractivity contribution in [2.24, 2.45) is 10.7 Å². The van der Waals surface area contributed by atoms with Gasteiger partial charge in [-0.1, -0.05) is 30.1 Å². The Balaban J connectivity index is 3.02. The minimum Gasteiger partial charge on any atom is -0.364 e. The quantitative estimate of drug-likeness (QED) is 0.538. The van der Waals surface area contributed by atoms with Crippen molar-refractivity contribution in [1.82, 2.24) is 5.32 Å². The number of nitrogens with one attached hydrogen (secondary N) is 1. The summed E-state index contributed by atoms with van der Waals surface area (Å²) in [6.07, 6.45) is 0.641. The minimum absolute atomic E-state index is 0.0374. The van der Waals surface area contributed by atoms with Crippen LogP contribution in [0.15, 0.2) is 15.8 Å². The van der Waals surface area contributed by atoms with Crippen LogP contribution in [0, 0.1) is 0 Å². The normalized spacial score (nSPS) is 22.4. The van der Waals surface area contributed by atoms with Gasteiger partial charge in [-0.25, -0.2) is 4.99 Å². The zero-order valence-electron chi connectivity index (χ0n) is 6.97. The van der Waals surface area contributed by atoms with Gasteiger partial charge in [0, 0.05) is 0 Å². The second-order valence-electron chi connectivity index (χ2n) is 2.49. The molecule has 0 aromatic heterocycles. The number of carbonyl (C=O) groups is 1. The summed E-state index contributed by atoms with van der Waals surface area (Å²) in [5, 5.41) is 2.79. The average molecular weight is 222 g/mol. The van der Waals surface area contributed by atoms with E-state index in [-0.39, 0.29) is 10.9 Å². The Morgan fingerprint density at radius 2 is 2.38 bits per heavy atom. The van der Waals surface area contributed by atoms with E-state index in [1.165, 1.54) is 0 Å². The van der Waals surface area contributed by atoms with Crippen molar-refractivity contribution in [3.8, 4) is 0 Å². The molecule has 72 valence electrons. The lowest BCUT2D eigenvalue weighted by molar-refractivity contribution is -0.114. The summed E-state index contributed by atoms with van der Waals surface area (Å²) in [5.74, 6) is -0.660. The largest absolute Gasteiger partial charge is 0.364 e. The van der Waals surface area contributed by atoms with E-state index in [4.69, 9.17) is 28.9 Å². The molecule has 0 spiro atoms. The van der Waals surface area contributed by atoms with E-state index in [1.807, 2.05) is 6.92 Å². The smallest absolute Gasteiger partial charge is 0.270 e. The molecule has 1 unspecified atom stereocenters. The second-order valence-corrected chi connectivity index (χ2v) is 3.30. The maximum Gasteiger partial charge on any atom is 0.270 e. The summed E-state index contributed by atoms with van der Waals surface area (Å²) < 4.78 is 0. The molecule has 0 aliphatic carbocycles. The predicted molar refractivity (Wildman–Crippen MR) is 52.6 cm³/mol. The van der Waals surface area contributed by atoms with Crippen LogP contribution in [0.3, 0.4) is 0 Å². The molecule has 0 radical (unpaired) electrons. The Labute approximate surface area is 85.8 Å². The number of nitrogens with zero attached hydrogens (tertiary/aromatic N) is 1. The van der Waals surface area contributed by atoms with Crippen LogP contribution in [0.2, 0.25) is 0 Å². The van der Waals surface area contributed by atoms with Gasteiger partial charge < -0.3 is 11.1 Å². The number of nitrogens with two attached hydrogens (primary N) is 1. The molecule has 0 bridgehead atoms. The molecule has 0 aromatic carbocycles. The Morgan fingerprint density at radius 1 is 1.77 bits per heavy atom. The molecule has 0 aromatic rings. The number of amides is 1. The standard InChI is InChI=1S/C7H9Cl2N3O/c1-2-3-5(8)12-6(9)4(11-3)7(10)13/h5,12H,2H2,1H3,(H2,10,13). The number of hydrogen-bond acceptors (Lipinski definition) is 3. The van der Waals surface area contributed by atoms with Crippen molar-refractivity contribution in [2.45, 2.75) is 18.8 Å². The van der Waals surface area contributed by atoms with Crippen LogP contribution in [0.25, 0.3) is 0 Å². The highest BCUT2D eigenvalue weighted by Crippen LogP contribution is 2.18. The van der Waals surface area contributed by atoms with Gasteiger partial charge in [0.15, 0.2) is 5.70 Å². The molecule has 0 fully saturated rings. The molecule has 0 saturated carbocycles. The van der Waals surface area contributed by atoms with Gasteiger partial charge in [0.1, 0.15) is 10.7 Å². The molecule has 1 amide bonds. The lowest BCUT2D eigenvalue weighted by atomic mass is 10.2. The van der Waals surface area contributed by atoms with Gasteiger partial charge in [-0.3, -0.25) is 4.79 Å². The summed E-state index contributed by atoms with van der Waals surface area (Å²) >= 11 is 11.5. The van der Waals surface area contributed by atoms with Gasteiger partial charge in [-0.2, -0.15) is 0 Å². The first-order chi connectivity index (χ1) is 6.06. The number of aliphatic imine (C=N–C) groups is 1. The number of rotatable bonds is 2. The van der Waals surface area contributed by atoms with Crippen LogP contribution in [0.4, 0.5) is 0 Å². The van der Waals surface area contributed by atoms with E-state index in [1.54, 1.807) is 0 Å². The minimum atomic E-state index is -0.660. The Morgan fingerprint density at radius 3 is 2.85 bits per heavy atom. The molecular weight excluding hydrogens is 213 g/mol. The monoisotopic (exact) mass is 221 g/mol. The van der Waals surface area contributed by atoms with Crippen LogP contribution in [0.5, 0.6) is 0 Å². The molecule has 13 heavy (non-hydrogen) atoms. The third-order valence-corrected chi connectivity index (χ3v) is 2.25. The van der Waals surface area contributed by atoms with Crippen LogP contribution in [-0.2, 0) is 4.79 Å². The fourth-order valence-electron chi connectivity index (χ4n) is 0.934. The summed E-state index contributed by atoms with van der Waals surface area (Å²) in [6, 6.07) is 0. The lowest BCUT2D eigenvalue weighted by Gasteiger charge is -2.19. The van der Waals surface area contributed by atoms with Crippen LogP contribution >= 0.6 is 23.2 Å². The Hall–Kier alpha value is -0.740. The number of alkyl halides is 1. The van der Waals surface area contributed by atoms with Crippen LogP contribution < -0.4 is 11.1 Å². The molecule has 1 atom stereocenters. The number of hydrogen-bond donors (Lipinski definition) is 2. The van der Waals surface area contributed by atoms with Gasteiger partial charge in [-0.05, 0) is 6.42 Å². The summed E-state index contributed by atoms with van der Waals surface area (Å²) in [5.41, 5.74) is 5.28. The fourth-order valence-corrected chi connectivity index (χ4v) is 1.55. The highest BCUT2D eigenvalue weighted by molar-refractivity contribution is 6.36. The first-order valence-corrected chi connectivity index (χ1v) is 4.55. The molecule has 1 heterocycles. The number of halogens is 2. The third-order valence-electron chi connectivity index (χ3n) is 1.60. The van der Waals surface area contributed by atoms with Crippen molar-refractivity contribution in [1.29, 1.82) is 0 Å². The molecular formula is C7H9Cl2N3O. The van der Waals surface area contributed by atoms with Crippen molar-refractivity contribution in [2.75, 3.05) is 0 Å². The average Bonchev–Trinajstić information content (AvgIpc) is 2.03. The van der Waals surface area contributed by atoms with E-state index in [9.17, 15) is 4.79 Å². The Bertz CT molecular complexity index is 298. The van der Waals surface area contributed by atoms with E-state index in [0.29, 0.717) is 12.1 Å². The molecule has 1 rings (SSSR count). The maximum absolute atomic E-state index is 10.8. The van der Waals surface area contributed by atoms with E-state index in [0.717, 1.165) is 0 Å². The fraction of sp³-hybridized carbons (Fsp3) is 0.429. The summed E-state index contributed by atoms with van der Waals surface area (Å²) in [7, 11) is 0. The van der Waals surface area contributed by atoms with Gasteiger partial charge in [-0.15, -0.1) is 0 Å². The number of carbonyl (C=O) groups excluding carboxylic acids is 1. The Kier molecular flexibility index (Phi) is 3.17. The highest BCUT2D eigenvalue weighted by atomic mass is 35.5. The van der Waals surface area contributed by atoms with E-state index in [2.05, 4.69) is 10.3 Å². The SMILES string of the molecule is CCC1=NC(C(N)=O)=C(Cl)NC1Cl. The van der Waals surface area contributed by atoms with Gasteiger partial charge in [0.2, 0.25) is 0 Å². The van der Waals surface area contributed by atoms with Crippen molar-refractivity contribution in [3.05, 3.63) is 10.9 Å². The van der Waals surface area contributed by atoms with Crippen molar-refractivity contribution < 1.29 is 4.79 Å². The molecule has 3 N–H and O–H groups in total. The van der Waals surface area contributed by atoms with Crippen molar-refractivity contribution in [3.63, 3.8) is 0 Å². The predicted octanol–water partition coefficient (Wildman–Crippen LogP) is 0.899. The topological polar surface area (TPSA) is 67.5 Å². The lowest BCUT2D eigenvalue weighted by Crippen LogP contribution is -2.35. The molecule has 1 aliphatic rings. The third kappa shape index (κ3) is 2.14. The van der Waals surface area contributed by atoms with Gasteiger partial charge in [0.05, 0.1) is 5.71 Å².